The molecule has 0 amide bonds. The van der Waals surface area contributed by atoms with Crippen molar-refractivity contribution in [3.8, 4) is 5.75 Å². The smallest absolute Gasteiger partial charge is 0.119 e. The van der Waals surface area contributed by atoms with Crippen LogP contribution in [0.1, 0.15) is 69.6 Å². The summed E-state index contributed by atoms with van der Waals surface area (Å²) in [5.41, 5.74) is 4.85. The van der Waals surface area contributed by atoms with Gasteiger partial charge in [-0.05, 0) is 79.8 Å². The summed E-state index contributed by atoms with van der Waals surface area (Å²) in [6, 6.07) is 5.20. The lowest BCUT2D eigenvalue weighted by Crippen LogP contribution is -2.66. The predicted molar refractivity (Wildman–Crippen MR) is 99.6 cm³/mol. The van der Waals surface area contributed by atoms with E-state index in [4.69, 9.17) is 0 Å². The van der Waals surface area contributed by atoms with Gasteiger partial charge in [0.1, 0.15) is 5.75 Å². The van der Waals surface area contributed by atoms with Crippen molar-refractivity contribution in [3.05, 3.63) is 28.8 Å². The highest BCUT2D eigenvalue weighted by Gasteiger charge is 2.60. The molecule has 2 aliphatic carbocycles. The van der Waals surface area contributed by atoms with E-state index in [9.17, 15) is 5.11 Å². The molecule has 2 nitrogen and oxygen atoms in total. The van der Waals surface area contributed by atoms with Gasteiger partial charge in [0.05, 0.1) is 0 Å². The summed E-state index contributed by atoms with van der Waals surface area (Å²) in [5.74, 6) is 1.12. The average molecular weight is 328 g/mol. The maximum Gasteiger partial charge on any atom is 0.119 e. The van der Waals surface area contributed by atoms with E-state index in [0.717, 1.165) is 18.4 Å². The van der Waals surface area contributed by atoms with Crippen LogP contribution in [0.4, 0.5) is 0 Å². The number of rotatable bonds is 2. The molecule has 2 heteroatoms. The van der Waals surface area contributed by atoms with E-state index in [-0.39, 0.29) is 0 Å². The van der Waals surface area contributed by atoms with Gasteiger partial charge >= 0.3 is 0 Å². The number of fused-ring (bicyclic) bond motifs is 1. The summed E-state index contributed by atoms with van der Waals surface area (Å²) in [6.07, 6.45) is 8.76. The molecule has 1 N–H and O–H groups in total. The summed E-state index contributed by atoms with van der Waals surface area (Å²) in [7, 11) is 2.33. The summed E-state index contributed by atoms with van der Waals surface area (Å²) in [6.45, 7) is 8.22. The van der Waals surface area contributed by atoms with Gasteiger partial charge in [0.15, 0.2) is 0 Å². The standard InChI is InChI=1S/C22H33NO/c1-15(2)11-17-12-16-13-20-21(3)7-5-6-8-22(21,9-10-23(20)4)18(16)14-19(17)24/h12,14-15,20,24H,5-11,13H2,1-4H3/t20-,21+,22+/m0/s1. The highest BCUT2D eigenvalue weighted by molar-refractivity contribution is 5.50. The van der Waals surface area contributed by atoms with Crippen molar-refractivity contribution in [1.82, 2.24) is 4.90 Å². The maximum atomic E-state index is 10.7. The molecule has 1 saturated carbocycles. The van der Waals surface area contributed by atoms with Crippen molar-refractivity contribution in [2.75, 3.05) is 13.6 Å². The number of likely N-dealkylation sites (tertiary alicyclic amines) is 1. The lowest BCUT2D eigenvalue weighted by Gasteiger charge is -2.65. The van der Waals surface area contributed by atoms with E-state index < -0.39 is 0 Å². The molecule has 0 aromatic heterocycles. The van der Waals surface area contributed by atoms with Gasteiger partial charge < -0.3 is 10.0 Å². The number of piperidine rings is 1. The Balaban J connectivity index is 1.88. The van der Waals surface area contributed by atoms with Crippen molar-refractivity contribution in [1.29, 1.82) is 0 Å². The van der Waals surface area contributed by atoms with Crippen molar-refractivity contribution < 1.29 is 5.11 Å². The molecule has 1 aliphatic heterocycles. The fourth-order valence-electron chi connectivity index (χ4n) is 6.42. The van der Waals surface area contributed by atoms with Crippen LogP contribution >= 0.6 is 0 Å². The van der Waals surface area contributed by atoms with Crippen molar-refractivity contribution in [2.24, 2.45) is 11.3 Å². The number of hydrogen-bond donors (Lipinski definition) is 1. The number of likely N-dealkylation sites (N-methyl/N-ethyl adjacent to an activating group) is 1. The van der Waals surface area contributed by atoms with Gasteiger partial charge in [0.2, 0.25) is 0 Å². The molecule has 3 aliphatic rings. The van der Waals surface area contributed by atoms with E-state index in [1.165, 1.54) is 49.8 Å². The molecule has 2 fully saturated rings. The second-order valence-electron chi connectivity index (χ2n) is 9.39. The largest absolute Gasteiger partial charge is 0.508 e. The summed E-state index contributed by atoms with van der Waals surface area (Å²) in [5, 5.41) is 10.7. The lowest BCUT2D eigenvalue weighted by atomic mass is 9.44. The van der Waals surface area contributed by atoms with Gasteiger partial charge in [-0.3, -0.25) is 0 Å². The van der Waals surface area contributed by atoms with Gasteiger partial charge in [-0.2, -0.15) is 0 Å². The first-order chi connectivity index (χ1) is 11.4. The van der Waals surface area contributed by atoms with E-state index >= 15 is 0 Å². The van der Waals surface area contributed by atoms with Gasteiger partial charge in [0.25, 0.3) is 0 Å². The van der Waals surface area contributed by atoms with Crippen LogP contribution in [-0.2, 0) is 18.3 Å². The predicted octanol–water partition coefficient (Wildman–Crippen LogP) is 4.67. The van der Waals surface area contributed by atoms with Crippen LogP contribution in [0.25, 0.3) is 0 Å². The number of hydrogen-bond acceptors (Lipinski definition) is 2. The third-order valence-corrected chi connectivity index (χ3v) is 7.66. The molecule has 24 heavy (non-hydrogen) atoms. The number of nitrogens with zero attached hydrogens (tertiary/aromatic N) is 1. The van der Waals surface area contributed by atoms with Crippen molar-refractivity contribution >= 4 is 0 Å². The molecular formula is C22H33NO. The summed E-state index contributed by atoms with van der Waals surface area (Å²) in [4.78, 5) is 2.63. The van der Waals surface area contributed by atoms with Crippen molar-refractivity contribution in [2.45, 2.75) is 77.2 Å². The number of phenols is 1. The minimum Gasteiger partial charge on any atom is -0.508 e. The van der Waals surface area contributed by atoms with Crippen LogP contribution in [-0.4, -0.2) is 29.6 Å². The first-order valence-electron chi connectivity index (χ1n) is 9.93. The van der Waals surface area contributed by atoms with E-state index in [1.807, 2.05) is 0 Å². The molecule has 0 spiro atoms. The minimum absolute atomic E-state index is 0.295. The molecule has 0 radical (unpaired) electrons. The Morgan fingerprint density at radius 2 is 1.96 bits per heavy atom. The highest BCUT2D eigenvalue weighted by Crippen LogP contribution is 2.63. The fraction of sp³-hybridized carbons (Fsp3) is 0.727. The normalized spacial score (nSPS) is 35.6. The van der Waals surface area contributed by atoms with Gasteiger partial charge in [0, 0.05) is 11.5 Å². The zero-order valence-corrected chi connectivity index (χ0v) is 15.9. The van der Waals surface area contributed by atoms with Crippen LogP contribution in [0.3, 0.4) is 0 Å². The zero-order chi connectivity index (χ0) is 17.1. The molecule has 2 bridgehead atoms. The number of phenolic OH excluding ortho intramolecular Hbond substituents is 1. The Labute approximate surface area is 147 Å². The molecule has 3 atom stereocenters. The second kappa shape index (κ2) is 5.49. The molecule has 4 rings (SSSR count). The monoisotopic (exact) mass is 327 g/mol. The van der Waals surface area contributed by atoms with E-state index in [2.05, 4.69) is 44.9 Å². The number of aromatic hydroxyl groups is 1. The van der Waals surface area contributed by atoms with Crippen LogP contribution in [0.5, 0.6) is 5.75 Å². The fourth-order valence-corrected chi connectivity index (χ4v) is 6.42. The quantitative estimate of drug-likeness (QED) is 0.853. The Morgan fingerprint density at radius 1 is 1.21 bits per heavy atom. The topological polar surface area (TPSA) is 23.5 Å². The third-order valence-electron chi connectivity index (χ3n) is 7.66. The maximum absolute atomic E-state index is 10.7. The average Bonchev–Trinajstić information content (AvgIpc) is 2.52. The summed E-state index contributed by atoms with van der Waals surface area (Å²) >= 11 is 0. The SMILES string of the molecule is CC(C)Cc1cc2c(cc1O)[C@]13CCCC[C@]1(C)[C@H](C2)N(C)CC3. The van der Waals surface area contributed by atoms with Crippen LogP contribution in [0.2, 0.25) is 0 Å². The lowest BCUT2D eigenvalue weighted by molar-refractivity contribution is -0.0736. The second-order valence-corrected chi connectivity index (χ2v) is 9.39. The third kappa shape index (κ3) is 2.11. The Hall–Kier alpha value is -1.02. The van der Waals surface area contributed by atoms with Gasteiger partial charge in [-0.15, -0.1) is 0 Å². The van der Waals surface area contributed by atoms with Crippen LogP contribution in [0.15, 0.2) is 12.1 Å². The Bertz CT molecular complexity index is 652. The van der Waals surface area contributed by atoms with Crippen LogP contribution < -0.4 is 0 Å². The zero-order valence-electron chi connectivity index (χ0n) is 15.9. The first-order valence-corrected chi connectivity index (χ1v) is 9.93. The molecular weight excluding hydrogens is 294 g/mol. The molecule has 1 aromatic carbocycles. The van der Waals surface area contributed by atoms with Gasteiger partial charge in [-0.1, -0.05) is 39.7 Å². The number of benzene rings is 1. The summed E-state index contributed by atoms with van der Waals surface area (Å²) < 4.78 is 0. The molecule has 132 valence electrons. The molecule has 0 unspecified atom stereocenters. The minimum atomic E-state index is 0.295. The Morgan fingerprint density at radius 3 is 2.71 bits per heavy atom. The molecule has 1 heterocycles. The highest BCUT2D eigenvalue weighted by atomic mass is 16.3. The Kier molecular flexibility index (Phi) is 3.76. The first kappa shape index (κ1) is 16.4. The van der Waals surface area contributed by atoms with E-state index in [1.54, 1.807) is 0 Å². The van der Waals surface area contributed by atoms with Crippen LogP contribution in [0, 0.1) is 11.3 Å². The molecule has 1 aromatic rings. The van der Waals surface area contributed by atoms with E-state index in [0.29, 0.717) is 28.5 Å². The van der Waals surface area contributed by atoms with Crippen molar-refractivity contribution in [3.63, 3.8) is 0 Å². The van der Waals surface area contributed by atoms with Gasteiger partial charge in [-0.25, -0.2) is 0 Å². The molecule has 1 saturated heterocycles.